The van der Waals surface area contributed by atoms with Crippen LogP contribution in [0.25, 0.3) is 23.0 Å². The van der Waals surface area contributed by atoms with Gasteiger partial charge in [-0.15, -0.1) is 5.10 Å². The predicted octanol–water partition coefficient (Wildman–Crippen LogP) is 3.49. The van der Waals surface area contributed by atoms with E-state index in [4.69, 9.17) is 4.52 Å². The van der Waals surface area contributed by atoms with Gasteiger partial charge >= 0.3 is 0 Å². The van der Waals surface area contributed by atoms with E-state index in [0.29, 0.717) is 12.2 Å². The van der Waals surface area contributed by atoms with Crippen LogP contribution in [0, 0.1) is 12.7 Å². The molecule has 0 N–H and O–H groups in total. The molecule has 2 aromatic carbocycles. The molecular formula is C18H14FN5O. The molecule has 0 aliphatic heterocycles. The van der Waals surface area contributed by atoms with Crippen molar-refractivity contribution in [2.24, 2.45) is 0 Å². The standard InChI is InChI=1S/C18H14FN5O/c1-12-16(21-23-24(12)11-13-7-3-2-4-8-13)17-20-18(25-22-17)14-9-5-6-10-15(14)19/h2-10H,11H2,1H3. The Morgan fingerprint density at radius 1 is 1.04 bits per heavy atom. The van der Waals surface area contributed by atoms with Crippen LogP contribution in [0.4, 0.5) is 4.39 Å². The first-order valence-corrected chi connectivity index (χ1v) is 7.75. The van der Waals surface area contributed by atoms with Gasteiger partial charge < -0.3 is 4.52 Å². The lowest BCUT2D eigenvalue weighted by atomic mass is 10.2. The fraction of sp³-hybridized carbons (Fsp3) is 0.111. The van der Waals surface area contributed by atoms with Crippen LogP contribution in [-0.4, -0.2) is 25.1 Å². The fourth-order valence-corrected chi connectivity index (χ4v) is 2.54. The van der Waals surface area contributed by atoms with Crippen molar-refractivity contribution in [3.63, 3.8) is 0 Å². The van der Waals surface area contributed by atoms with Crippen LogP contribution in [0.1, 0.15) is 11.3 Å². The number of rotatable bonds is 4. The van der Waals surface area contributed by atoms with E-state index in [9.17, 15) is 4.39 Å². The van der Waals surface area contributed by atoms with Gasteiger partial charge in [0.25, 0.3) is 5.89 Å². The maximum Gasteiger partial charge on any atom is 0.261 e. The summed E-state index contributed by atoms with van der Waals surface area (Å²) in [6, 6.07) is 16.2. The fourth-order valence-electron chi connectivity index (χ4n) is 2.54. The Bertz CT molecular complexity index is 1010. The lowest BCUT2D eigenvalue weighted by Crippen LogP contribution is -2.03. The Morgan fingerprint density at radius 2 is 1.80 bits per heavy atom. The molecule has 124 valence electrons. The minimum absolute atomic E-state index is 0.116. The smallest absolute Gasteiger partial charge is 0.261 e. The minimum Gasteiger partial charge on any atom is -0.333 e. The van der Waals surface area contributed by atoms with Gasteiger partial charge in [-0.05, 0) is 24.6 Å². The number of aromatic nitrogens is 5. The Balaban J connectivity index is 1.64. The zero-order chi connectivity index (χ0) is 17.2. The summed E-state index contributed by atoms with van der Waals surface area (Å²) >= 11 is 0. The second kappa shape index (κ2) is 6.27. The molecule has 0 bridgehead atoms. The van der Waals surface area contributed by atoms with E-state index in [0.717, 1.165) is 11.3 Å². The molecule has 4 rings (SSSR count). The lowest BCUT2D eigenvalue weighted by Gasteiger charge is -2.02. The first-order valence-electron chi connectivity index (χ1n) is 7.75. The number of nitrogens with zero attached hydrogens (tertiary/aromatic N) is 5. The molecule has 0 unspecified atom stereocenters. The maximum atomic E-state index is 13.9. The van der Waals surface area contributed by atoms with Crippen molar-refractivity contribution < 1.29 is 8.91 Å². The van der Waals surface area contributed by atoms with Crippen LogP contribution in [0.2, 0.25) is 0 Å². The molecule has 0 spiro atoms. The highest BCUT2D eigenvalue weighted by molar-refractivity contribution is 5.58. The maximum absolute atomic E-state index is 13.9. The van der Waals surface area contributed by atoms with Crippen LogP contribution < -0.4 is 0 Å². The molecule has 2 heterocycles. The molecule has 0 aliphatic rings. The van der Waals surface area contributed by atoms with Gasteiger partial charge in [-0.25, -0.2) is 9.07 Å². The molecular weight excluding hydrogens is 321 g/mol. The molecule has 6 nitrogen and oxygen atoms in total. The molecule has 0 saturated carbocycles. The number of hydrogen-bond donors (Lipinski definition) is 0. The average molecular weight is 335 g/mol. The summed E-state index contributed by atoms with van der Waals surface area (Å²) in [4.78, 5) is 4.26. The molecule has 0 atom stereocenters. The number of halogens is 1. The molecule has 7 heteroatoms. The van der Waals surface area contributed by atoms with E-state index < -0.39 is 5.82 Å². The lowest BCUT2D eigenvalue weighted by molar-refractivity contribution is 0.429. The SMILES string of the molecule is Cc1c(-c2noc(-c3ccccc3F)n2)nnn1Cc1ccccc1. The van der Waals surface area contributed by atoms with Crippen LogP contribution in [0.3, 0.4) is 0 Å². The van der Waals surface area contributed by atoms with E-state index in [1.807, 2.05) is 37.3 Å². The van der Waals surface area contributed by atoms with Crippen LogP contribution >= 0.6 is 0 Å². The molecule has 0 amide bonds. The Kier molecular flexibility index (Phi) is 3.81. The first kappa shape index (κ1) is 15.2. The highest BCUT2D eigenvalue weighted by atomic mass is 19.1. The van der Waals surface area contributed by atoms with E-state index in [1.165, 1.54) is 6.07 Å². The molecule has 2 aromatic heterocycles. The van der Waals surface area contributed by atoms with Gasteiger partial charge in [0.15, 0.2) is 5.69 Å². The zero-order valence-electron chi connectivity index (χ0n) is 13.4. The predicted molar refractivity (Wildman–Crippen MR) is 89.0 cm³/mol. The normalized spacial score (nSPS) is 11.0. The molecule has 0 aliphatic carbocycles. The molecule has 0 saturated heterocycles. The van der Waals surface area contributed by atoms with Crippen molar-refractivity contribution in [3.8, 4) is 23.0 Å². The quantitative estimate of drug-likeness (QED) is 0.571. The van der Waals surface area contributed by atoms with Crippen molar-refractivity contribution in [2.45, 2.75) is 13.5 Å². The van der Waals surface area contributed by atoms with Crippen molar-refractivity contribution in [3.05, 3.63) is 71.7 Å². The van der Waals surface area contributed by atoms with Gasteiger partial charge in [-0.1, -0.05) is 52.8 Å². The molecule has 0 radical (unpaired) electrons. The minimum atomic E-state index is -0.415. The highest BCUT2D eigenvalue weighted by Gasteiger charge is 2.19. The summed E-state index contributed by atoms with van der Waals surface area (Å²) in [5.41, 5.74) is 2.70. The average Bonchev–Trinajstić information content (AvgIpc) is 3.24. The van der Waals surface area contributed by atoms with Crippen molar-refractivity contribution in [2.75, 3.05) is 0 Å². The number of benzene rings is 2. The van der Waals surface area contributed by atoms with Gasteiger partial charge in [0.2, 0.25) is 5.82 Å². The second-order valence-electron chi connectivity index (χ2n) is 5.57. The highest BCUT2D eigenvalue weighted by Crippen LogP contribution is 2.24. The van der Waals surface area contributed by atoms with Crippen LogP contribution in [0.15, 0.2) is 59.1 Å². The monoisotopic (exact) mass is 335 g/mol. The molecule has 4 aromatic rings. The first-order chi connectivity index (χ1) is 12.2. The van der Waals surface area contributed by atoms with Gasteiger partial charge in [0, 0.05) is 0 Å². The Hall–Kier alpha value is -3.35. The summed E-state index contributed by atoms with van der Waals surface area (Å²) in [6.45, 7) is 2.48. The topological polar surface area (TPSA) is 69.6 Å². The Labute approximate surface area is 142 Å². The summed E-state index contributed by atoms with van der Waals surface area (Å²) in [6.07, 6.45) is 0. The van der Waals surface area contributed by atoms with Crippen molar-refractivity contribution in [1.29, 1.82) is 0 Å². The van der Waals surface area contributed by atoms with Gasteiger partial charge in [-0.2, -0.15) is 4.98 Å². The summed E-state index contributed by atoms with van der Waals surface area (Å²) in [5.74, 6) is -0.0117. The van der Waals surface area contributed by atoms with E-state index in [1.54, 1.807) is 22.9 Å². The van der Waals surface area contributed by atoms with E-state index >= 15 is 0 Å². The van der Waals surface area contributed by atoms with E-state index in [2.05, 4.69) is 20.5 Å². The second-order valence-corrected chi connectivity index (χ2v) is 5.57. The van der Waals surface area contributed by atoms with Gasteiger partial charge in [0.1, 0.15) is 5.82 Å². The summed E-state index contributed by atoms with van der Waals surface area (Å²) < 4.78 is 20.8. The molecule has 25 heavy (non-hydrogen) atoms. The van der Waals surface area contributed by atoms with Gasteiger partial charge in [0.05, 0.1) is 17.8 Å². The van der Waals surface area contributed by atoms with Crippen molar-refractivity contribution in [1.82, 2.24) is 25.1 Å². The zero-order valence-corrected chi connectivity index (χ0v) is 13.4. The van der Waals surface area contributed by atoms with E-state index in [-0.39, 0.29) is 17.3 Å². The largest absolute Gasteiger partial charge is 0.333 e. The summed E-state index contributed by atoms with van der Waals surface area (Å²) in [7, 11) is 0. The van der Waals surface area contributed by atoms with Crippen molar-refractivity contribution >= 4 is 0 Å². The number of hydrogen-bond acceptors (Lipinski definition) is 5. The third-order valence-corrected chi connectivity index (χ3v) is 3.90. The third kappa shape index (κ3) is 2.91. The third-order valence-electron chi connectivity index (χ3n) is 3.90. The van der Waals surface area contributed by atoms with Crippen LogP contribution in [0.5, 0.6) is 0 Å². The Morgan fingerprint density at radius 3 is 2.60 bits per heavy atom. The van der Waals surface area contributed by atoms with Gasteiger partial charge in [-0.3, -0.25) is 0 Å². The summed E-state index contributed by atoms with van der Waals surface area (Å²) in [5, 5.41) is 12.2. The van der Waals surface area contributed by atoms with Crippen LogP contribution in [-0.2, 0) is 6.54 Å². The molecule has 0 fully saturated rings.